The predicted octanol–water partition coefficient (Wildman–Crippen LogP) is 0.232. The van der Waals surface area contributed by atoms with Crippen molar-refractivity contribution in [3.05, 3.63) is 11.9 Å². The van der Waals surface area contributed by atoms with Gasteiger partial charge >= 0.3 is 5.97 Å². The summed E-state index contributed by atoms with van der Waals surface area (Å²) in [4.78, 5) is 10.5. The fourth-order valence-corrected chi connectivity index (χ4v) is 0.782. The molecule has 0 spiro atoms. The molecule has 0 aliphatic carbocycles. The Hall–Kier alpha value is -1.39. The van der Waals surface area contributed by atoms with E-state index in [2.05, 4.69) is 10.3 Å². The van der Waals surface area contributed by atoms with Crippen molar-refractivity contribution in [2.24, 2.45) is 0 Å². The second-order valence-corrected chi connectivity index (χ2v) is 2.33. The minimum absolute atomic E-state index is 0.641. The standard InChI is InChI=1S/C6H9N3O2/c1-4-3-7-8-9(4)5(2)6(10)11/h3,5H,1-2H3,(H,10,11). The summed E-state index contributed by atoms with van der Waals surface area (Å²) in [7, 11) is 0. The number of hydrogen-bond acceptors (Lipinski definition) is 3. The van der Waals surface area contributed by atoms with Gasteiger partial charge in [0, 0.05) is 0 Å². The molecule has 1 unspecified atom stereocenters. The van der Waals surface area contributed by atoms with Gasteiger partial charge in [0.05, 0.1) is 11.9 Å². The molecule has 0 saturated heterocycles. The van der Waals surface area contributed by atoms with E-state index >= 15 is 0 Å². The van der Waals surface area contributed by atoms with Crippen molar-refractivity contribution in [3.63, 3.8) is 0 Å². The van der Waals surface area contributed by atoms with Gasteiger partial charge in [-0.25, -0.2) is 9.48 Å². The van der Waals surface area contributed by atoms with E-state index in [9.17, 15) is 4.79 Å². The highest BCUT2D eigenvalue weighted by Gasteiger charge is 2.15. The molecule has 1 atom stereocenters. The van der Waals surface area contributed by atoms with Crippen molar-refractivity contribution in [1.82, 2.24) is 15.0 Å². The molecule has 0 fully saturated rings. The number of hydrogen-bond donors (Lipinski definition) is 1. The van der Waals surface area contributed by atoms with Gasteiger partial charge in [0.2, 0.25) is 0 Å². The van der Waals surface area contributed by atoms with Crippen LogP contribution in [0.4, 0.5) is 0 Å². The SMILES string of the molecule is Cc1cnnn1C(C)C(=O)O. The Morgan fingerprint density at radius 2 is 2.45 bits per heavy atom. The summed E-state index contributed by atoms with van der Waals surface area (Å²) < 4.78 is 1.36. The molecule has 5 nitrogen and oxygen atoms in total. The summed E-state index contributed by atoms with van der Waals surface area (Å²) in [6.07, 6.45) is 1.53. The molecule has 1 aromatic heterocycles. The van der Waals surface area contributed by atoms with Crippen LogP contribution in [0.25, 0.3) is 0 Å². The van der Waals surface area contributed by atoms with Crippen LogP contribution in [0.2, 0.25) is 0 Å². The molecule has 0 radical (unpaired) electrons. The molecular formula is C6H9N3O2. The zero-order valence-electron chi connectivity index (χ0n) is 6.35. The van der Waals surface area contributed by atoms with Crippen LogP contribution in [-0.4, -0.2) is 26.1 Å². The first-order valence-electron chi connectivity index (χ1n) is 3.22. The summed E-state index contributed by atoms with van der Waals surface area (Å²) in [6, 6.07) is -0.641. The van der Waals surface area contributed by atoms with Crippen LogP contribution in [0, 0.1) is 6.92 Å². The first kappa shape index (κ1) is 7.71. The van der Waals surface area contributed by atoms with Crippen molar-refractivity contribution in [2.75, 3.05) is 0 Å². The minimum Gasteiger partial charge on any atom is -0.480 e. The average Bonchev–Trinajstić information content (AvgIpc) is 2.33. The minimum atomic E-state index is -0.904. The number of aryl methyl sites for hydroxylation is 1. The molecule has 0 saturated carbocycles. The second-order valence-electron chi connectivity index (χ2n) is 2.33. The summed E-state index contributed by atoms with van der Waals surface area (Å²) in [5.74, 6) is -0.904. The van der Waals surface area contributed by atoms with Crippen LogP contribution < -0.4 is 0 Å². The Labute approximate surface area is 63.6 Å². The third-order valence-electron chi connectivity index (χ3n) is 1.48. The molecule has 60 valence electrons. The Bertz CT molecular complexity index is 269. The highest BCUT2D eigenvalue weighted by molar-refractivity contribution is 5.71. The van der Waals surface area contributed by atoms with Gasteiger partial charge in [0.1, 0.15) is 6.04 Å². The number of aromatic nitrogens is 3. The Kier molecular flexibility index (Phi) is 1.89. The quantitative estimate of drug-likeness (QED) is 0.663. The number of nitrogens with zero attached hydrogens (tertiary/aromatic N) is 3. The molecule has 1 heterocycles. The molecule has 1 N–H and O–H groups in total. The van der Waals surface area contributed by atoms with Crippen LogP contribution >= 0.6 is 0 Å². The van der Waals surface area contributed by atoms with Gasteiger partial charge in [-0.05, 0) is 13.8 Å². The number of aliphatic carboxylic acids is 1. The van der Waals surface area contributed by atoms with Crippen molar-refractivity contribution < 1.29 is 9.90 Å². The first-order valence-corrected chi connectivity index (χ1v) is 3.22. The lowest BCUT2D eigenvalue weighted by Crippen LogP contribution is -2.17. The van der Waals surface area contributed by atoms with Crippen molar-refractivity contribution in [1.29, 1.82) is 0 Å². The van der Waals surface area contributed by atoms with Crippen LogP contribution in [0.3, 0.4) is 0 Å². The second kappa shape index (κ2) is 2.69. The average molecular weight is 155 g/mol. The van der Waals surface area contributed by atoms with Crippen molar-refractivity contribution >= 4 is 5.97 Å². The largest absolute Gasteiger partial charge is 0.480 e. The molecule has 11 heavy (non-hydrogen) atoms. The van der Waals surface area contributed by atoms with E-state index in [0.717, 1.165) is 5.69 Å². The monoisotopic (exact) mass is 155 g/mol. The first-order chi connectivity index (χ1) is 5.13. The van der Waals surface area contributed by atoms with E-state index in [1.54, 1.807) is 13.8 Å². The highest BCUT2D eigenvalue weighted by atomic mass is 16.4. The number of carboxylic acid groups (broad SMARTS) is 1. The third kappa shape index (κ3) is 1.36. The maximum absolute atomic E-state index is 10.5. The van der Waals surface area contributed by atoms with Crippen LogP contribution in [0.15, 0.2) is 6.20 Å². The van der Waals surface area contributed by atoms with Gasteiger partial charge in [0.25, 0.3) is 0 Å². The Balaban J connectivity index is 2.92. The van der Waals surface area contributed by atoms with Crippen LogP contribution in [0.5, 0.6) is 0 Å². The van der Waals surface area contributed by atoms with E-state index in [-0.39, 0.29) is 0 Å². The van der Waals surface area contributed by atoms with Gasteiger partial charge in [0.15, 0.2) is 0 Å². The van der Waals surface area contributed by atoms with Gasteiger partial charge in [-0.1, -0.05) is 5.21 Å². The normalized spacial score (nSPS) is 12.9. The van der Waals surface area contributed by atoms with E-state index in [1.807, 2.05) is 0 Å². The molecule has 5 heteroatoms. The maximum atomic E-state index is 10.5. The highest BCUT2D eigenvalue weighted by Crippen LogP contribution is 2.05. The van der Waals surface area contributed by atoms with Gasteiger partial charge in [-0.15, -0.1) is 5.10 Å². The van der Waals surface area contributed by atoms with Gasteiger partial charge in [-0.3, -0.25) is 0 Å². The third-order valence-corrected chi connectivity index (χ3v) is 1.48. The lowest BCUT2D eigenvalue weighted by Gasteiger charge is -2.06. The van der Waals surface area contributed by atoms with Gasteiger partial charge in [-0.2, -0.15) is 0 Å². The maximum Gasteiger partial charge on any atom is 0.328 e. The number of carbonyl (C=O) groups is 1. The topological polar surface area (TPSA) is 68.0 Å². The fraction of sp³-hybridized carbons (Fsp3) is 0.500. The van der Waals surface area contributed by atoms with E-state index in [4.69, 9.17) is 5.11 Å². The fourth-order valence-electron chi connectivity index (χ4n) is 0.782. The van der Waals surface area contributed by atoms with Crippen LogP contribution in [-0.2, 0) is 4.79 Å². The molecule has 0 aromatic carbocycles. The van der Waals surface area contributed by atoms with Gasteiger partial charge < -0.3 is 5.11 Å². The molecule has 0 aliphatic heterocycles. The molecule has 0 bridgehead atoms. The molecular weight excluding hydrogens is 146 g/mol. The molecule has 1 rings (SSSR count). The summed E-state index contributed by atoms with van der Waals surface area (Å²) >= 11 is 0. The lowest BCUT2D eigenvalue weighted by atomic mass is 10.3. The van der Waals surface area contributed by atoms with E-state index < -0.39 is 12.0 Å². The smallest absolute Gasteiger partial charge is 0.328 e. The summed E-state index contributed by atoms with van der Waals surface area (Å²) in [6.45, 7) is 3.32. The van der Waals surface area contributed by atoms with Crippen molar-refractivity contribution in [2.45, 2.75) is 19.9 Å². The molecule has 0 amide bonds. The van der Waals surface area contributed by atoms with Crippen LogP contribution in [0.1, 0.15) is 18.7 Å². The Morgan fingerprint density at radius 1 is 1.82 bits per heavy atom. The zero-order chi connectivity index (χ0) is 8.43. The molecule has 0 aliphatic rings. The summed E-state index contributed by atoms with van der Waals surface area (Å²) in [5.41, 5.74) is 0.750. The van der Waals surface area contributed by atoms with E-state index in [1.165, 1.54) is 10.9 Å². The predicted molar refractivity (Wildman–Crippen MR) is 37.1 cm³/mol. The molecule has 1 aromatic rings. The lowest BCUT2D eigenvalue weighted by molar-refractivity contribution is -0.140. The van der Waals surface area contributed by atoms with Crippen molar-refractivity contribution in [3.8, 4) is 0 Å². The Morgan fingerprint density at radius 3 is 2.82 bits per heavy atom. The number of carboxylic acids is 1. The number of rotatable bonds is 2. The van der Waals surface area contributed by atoms with E-state index in [0.29, 0.717) is 0 Å². The summed E-state index contributed by atoms with van der Waals surface area (Å²) in [5, 5.41) is 15.8. The zero-order valence-corrected chi connectivity index (χ0v) is 6.35.